The Kier molecular flexibility index (Phi) is 5.84. The molecule has 33 heavy (non-hydrogen) atoms. The van der Waals surface area contributed by atoms with Crippen LogP contribution in [0.1, 0.15) is 0 Å². The van der Waals surface area contributed by atoms with Crippen LogP contribution in [0.3, 0.4) is 0 Å². The van der Waals surface area contributed by atoms with E-state index in [9.17, 15) is 16.8 Å². The van der Waals surface area contributed by atoms with E-state index in [0.29, 0.717) is 19.5 Å². The highest BCUT2D eigenvalue weighted by molar-refractivity contribution is 7.95. The van der Waals surface area contributed by atoms with Crippen LogP contribution < -0.4 is 0 Å². The summed E-state index contributed by atoms with van der Waals surface area (Å²) in [5, 5.41) is 3.70. The van der Waals surface area contributed by atoms with Gasteiger partial charge in [-0.3, -0.25) is 0 Å². The molecule has 0 spiro atoms. The Morgan fingerprint density at radius 2 is 0.879 bits per heavy atom. The molecule has 0 saturated heterocycles. The van der Waals surface area contributed by atoms with E-state index in [0.717, 1.165) is 0 Å². The van der Waals surface area contributed by atoms with Gasteiger partial charge in [-0.1, -0.05) is 48.5 Å². The lowest BCUT2D eigenvalue weighted by Gasteiger charge is -2.11. The maximum Gasteiger partial charge on any atom is 0.209 e. The Balaban J connectivity index is 1.94. The van der Waals surface area contributed by atoms with Gasteiger partial charge in [-0.25, -0.2) is 16.8 Å². The molecular weight excluding hydrogens is 513 g/mol. The first-order valence-corrected chi connectivity index (χ1v) is 15.3. The molecule has 0 atom stereocenters. The molecule has 9 heteroatoms. The van der Waals surface area contributed by atoms with Gasteiger partial charge in [-0.2, -0.15) is 0 Å². The summed E-state index contributed by atoms with van der Waals surface area (Å²) in [6.45, 7) is 0. The van der Waals surface area contributed by atoms with Crippen molar-refractivity contribution in [1.82, 2.24) is 0 Å². The van der Waals surface area contributed by atoms with Crippen molar-refractivity contribution in [2.75, 3.05) is 0 Å². The highest BCUT2D eigenvalue weighted by Crippen LogP contribution is 2.51. The van der Waals surface area contributed by atoms with Crippen molar-refractivity contribution in [3.63, 3.8) is 0 Å². The van der Waals surface area contributed by atoms with Crippen molar-refractivity contribution >= 4 is 53.7 Å². The zero-order chi connectivity index (χ0) is 23.1. The van der Waals surface area contributed by atoms with E-state index in [2.05, 4.69) is 0 Å². The fourth-order valence-corrected chi connectivity index (χ4v) is 11.0. The average Bonchev–Trinajstić information content (AvgIpc) is 3.60. The quantitative estimate of drug-likeness (QED) is 0.241. The molecule has 0 radical (unpaired) electrons. The van der Waals surface area contributed by atoms with Crippen LogP contribution in [0, 0.1) is 0 Å². The predicted octanol–water partition coefficient (Wildman–Crippen LogP) is 6.87. The topological polar surface area (TPSA) is 68.3 Å². The van der Waals surface area contributed by atoms with Gasteiger partial charge in [0.25, 0.3) is 0 Å². The number of hydrogen-bond donors (Lipinski definition) is 0. The van der Waals surface area contributed by atoms with Gasteiger partial charge in [0, 0.05) is 9.75 Å². The lowest BCUT2D eigenvalue weighted by Crippen LogP contribution is -2.10. The van der Waals surface area contributed by atoms with Crippen molar-refractivity contribution in [3.8, 4) is 19.5 Å². The van der Waals surface area contributed by atoms with Gasteiger partial charge in [0.1, 0.15) is 9.79 Å². The lowest BCUT2D eigenvalue weighted by atomic mass is 10.3. The first-order chi connectivity index (χ1) is 15.9. The third-order valence-electron chi connectivity index (χ3n) is 4.96. The summed E-state index contributed by atoms with van der Waals surface area (Å²) in [5.41, 5.74) is 0. The van der Waals surface area contributed by atoms with E-state index >= 15 is 0 Å². The highest BCUT2D eigenvalue weighted by Gasteiger charge is 2.38. The molecule has 3 heterocycles. The van der Waals surface area contributed by atoms with Crippen LogP contribution in [0.5, 0.6) is 0 Å². The van der Waals surface area contributed by atoms with E-state index < -0.39 is 19.7 Å². The van der Waals surface area contributed by atoms with Gasteiger partial charge in [0.05, 0.1) is 19.5 Å². The summed E-state index contributed by atoms with van der Waals surface area (Å²) in [5.74, 6) is 0. The maximum atomic E-state index is 14.0. The molecule has 5 rings (SSSR count). The Bertz CT molecular complexity index is 1480. The van der Waals surface area contributed by atoms with Crippen molar-refractivity contribution in [1.29, 1.82) is 0 Å². The molecule has 2 aromatic carbocycles. The highest BCUT2D eigenvalue weighted by atomic mass is 32.2. The third kappa shape index (κ3) is 3.89. The minimum atomic E-state index is -4.15. The standard InChI is InChI=1S/C24H16O4S5/c25-32(26,17-9-3-1-4-10-17)23-21(19-13-7-15-29-19)31-22(20-14-8-16-30-20)24(23)33(27,28)18-11-5-2-6-12-18/h1-16H. The van der Waals surface area contributed by atoms with E-state index in [4.69, 9.17) is 0 Å². The van der Waals surface area contributed by atoms with Gasteiger partial charge in [-0.15, -0.1) is 34.0 Å². The Labute approximate surface area is 204 Å². The van der Waals surface area contributed by atoms with Crippen molar-refractivity contribution < 1.29 is 16.8 Å². The largest absolute Gasteiger partial charge is 0.218 e. The van der Waals surface area contributed by atoms with Crippen LogP contribution in [-0.2, 0) is 19.7 Å². The van der Waals surface area contributed by atoms with Crippen LogP contribution >= 0.6 is 34.0 Å². The van der Waals surface area contributed by atoms with Gasteiger partial charge in [0.15, 0.2) is 0 Å². The molecule has 0 unspecified atom stereocenters. The Hall–Kier alpha value is -2.56. The molecule has 0 aliphatic carbocycles. The second-order valence-corrected chi connectivity index (χ2v) is 13.7. The predicted molar refractivity (Wildman–Crippen MR) is 135 cm³/mol. The van der Waals surface area contributed by atoms with E-state index in [-0.39, 0.29) is 19.6 Å². The van der Waals surface area contributed by atoms with Crippen LogP contribution in [0.25, 0.3) is 19.5 Å². The summed E-state index contributed by atoms with van der Waals surface area (Å²) in [6, 6.07) is 23.3. The van der Waals surface area contributed by atoms with Gasteiger partial charge >= 0.3 is 0 Å². The van der Waals surface area contributed by atoms with Gasteiger partial charge in [-0.05, 0) is 47.2 Å². The summed E-state index contributed by atoms with van der Waals surface area (Å²) in [4.78, 5) is 2.09. The number of sulfone groups is 2. The summed E-state index contributed by atoms with van der Waals surface area (Å²) >= 11 is 3.97. The zero-order valence-corrected chi connectivity index (χ0v) is 21.0. The number of hydrogen-bond acceptors (Lipinski definition) is 7. The summed E-state index contributed by atoms with van der Waals surface area (Å²) in [7, 11) is -8.29. The minimum absolute atomic E-state index is 0.0582. The molecule has 0 bridgehead atoms. The lowest BCUT2D eigenvalue weighted by molar-refractivity contribution is 0.584. The number of rotatable bonds is 6. The SMILES string of the molecule is O=S(=O)(c1ccccc1)c1c(-c2cccs2)sc(-c2cccs2)c1S(=O)(=O)c1ccccc1. The average molecular weight is 529 g/mol. The maximum absolute atomic E-state index is 14.0. The Morgan fingerprint density at radius 3 is 1.21 bits per heavy atom. The molecule has 0 aliphatic heterocycles. The zero-order valence-electron chi connectivity index (χ0n) is 16.9. The molecule has 4 nitrogen and oxygen atoms in total. The molecule has 0 N–H and O–H groups in total. The van der Waals surface area contributed by atoms with Gasteiger partial charge in [0.2, 0.25) is 19.7 Å². The van der Waals surface area contributed by atoms with Crippen molar-refractivity contribution in [3.05, 3.63) is 95.7 Å². The van der Waals surface area contributed by atoms with Crippen LogP contribution in [0.15, 0.2) is 115 Å². The second kappa shape index (κ2) is 8.66. The van der Waals surface area contributed by atoms with E-state index in [1.165, 1.54) is 58.3 Å². The smallest absolute Gasteiger partial charge is 0.209 e. The van der Waals surface area contributed by atoms with Gasteiger partial charge < -0.3 is 0 Å². The van der Waals surface area contributed by atoms with Crippen molar-refractivity contribution in [2.24, 2.45) is 0 Å². The molecule has 5 aromatic rings. The molecule has 0 amide bonds. The van der Waals surface area contributed by atoms with Crippen LogP contribution in [0.2, 0.25) is 0 Å². The monoisotopic (exact) mass is 528 g/mol. The molecule has 3 aromatic heterocycles. The molecule has 0 fully saturated rings. The second-order valence-electron chi connectivity index (χ2n) is 7.01. The molecular formula is C24H16O4S5. The molecule has 166 valence electrons. The van der Waals surface area contributed by atoms with Crippen LogP contribution in [-0.4, -0.2) is 16.8 Å². The van der Waals surface area contributed by atoms with E-state index in [1.807, 2.05) is 35.0 Å². The first-order valence-electron chi connectivity index (χ1n) is 9.75. The number of benzene rings is 2. The summed E-state index contributed by atoms with van der Waals surface area (Å²) in [6.07, 6.45) is 0. The summed E-state index contributed by atoms with van der Waals surface area (Å²) < 4.78 is 55.9. The normalized spacial score (nSPS) is 12.1. The first kappa shape index (κ1) is 22.2. The fraction of sp³-hybridized carbons (Fsp3) is 0. The van der Waals surface area contributed by atoms with Crippen LogP contribution in [0.4, 0.5) is 0 Å². The Morgan fingerprint density at radius 1 is 0.485 bits per heavy atom. The third-order valence-corrected chi connectivity index (χ3v) is 12.3. The number of thiophene rings is 3. The molecule has 0 aliphatic rings. The molecule has 0 saturated carbocycles. The van der Waals surface area contributed by atoms with E-state index in [1.54, 1.807) is 36.4 Å². The fourth-order valence-electron chi connectivity index (χ4n) is 3.46. The minimum Gasteiger partial charge on any atom is -0.218 e. The van der Waals surface area contributed by atoms with Crippen molar-refractivity contribution in [2.45, 2.75) is 19.6 Å².